The summed E-state index contributed by atoms with van der Waals surface area (Å²) in [6.07, 6.45) is 4.13. The van der Waals surface area contributed by atoms with Crippen molar-refractivity contribution < 1.29 is 18.7 Å². The smallest absolute Gasteiger partial charge is 0.319 e. The number of benzene rings is 3. The van der Waals surface area contributed by atoms with E-state index in [-0.39, 0.29) is 29.5 Å². The van der Waals surface area contributed by atoms with E-state index in [2.05, 4.69) is 15.5 Å². The van der Waals surface area contributed by atoms with Crippen LogP contribution in [0.25, 0.3) is 0 Å². The number of piperidine rings is 1. The molecule has 7 heteroatoms. The second-order valence-electron chi connectivity index (χ2n) is 9.46. The van der Waals surface area contributed by atoms with Crippen molar-refractivity contribution in [3.8, 4) is 5.75 Å². The Labute approximate surface area is 211 Å². The maximum absolute atomic E-state index is 13.2. The van der Waals surface area contributed by atoms with E-state index in [9.17, 15) is 18.7 Å². The molecule has 3 aromatic carbocycles. The predicted molar refractivity (Wildman–Crippen MR) is 139 cm³/mol. The Bertz CT molecular complexity index is 1140. The number of halogens is 2. The highest BCUT2D eigenvalue weighted by Gasteiger charge is 2.23. The number of carbonyl (C=O) groups excluding carboxylic acids is 1. The van der Waals surface area contributed by atoms with Crippen molar-refractivity contribution in [1.82, 2.24) is 5.32 Å². The summed E-state index contributed by atoms with van der Waals surface area (Å²) >= 11 is 0. The van der Waals surface area contributed by atoms with E-state index in [1.807, 2.05) is 37.3 Å². The Kier molecular flexibility index (Phi) is 8.41. The fourth-order valence-corrected chi connectivity index (χ4v) is 4.78. The quantitative estimate of drug-likeness (QED) is 0.346. The zero-order valence-electron chi connectivity index (χ0n) is 20.5. The molecule has 0 radical (unpaired) electrons. The molecular formula is C29H33F2N3O2. The molecule has 0 spiro atoms. The van der Waals surface area contributed by atoms with Gasteiger partial charge in [-0.3, -0.25) is 0 Å². The molecule has 4 rings (SSSR count). The topological polar surface area (TPSA) is 64.6 Å². The Morgan fingerprint density at radius 3 is 2.28 bits per heavy atom. The zero-order valence-corrected chi connectivity index (χ0v) is 20.5. The molecule has 0 saturated carbocycles. The number of para-hydroxylation sites is 1. The standard InChI is InChI=1S/C29H33F2N3O2/c1-2-25(32-29(36)33-26-12-10-24(31)11-13-26)19-22-4-3-5-27(28(22)35)34-16-14-21(15-17-34)18-20-6-8-23(30)9-7-20/h3-13,21,25,35H,2,14-19H2,1H3,(H2,32,33,36)/t25-/m1/s1. The number of phenolic OH excluding ortho intramolecular Hbond substituents is 1. The highest BCUT2D eigenvalue weighted by molar-refractivity contribution is 5.89. The van der Waals surface area contributed by atoms with Gasteiger partial charge in [0, 0.05) is 24.8 Å². The molecule has 0 aromatic heterocycles. The third kappa shape index (κ3) is 6.74. The molecule has 5 nitrogen and oxygen atoms in total. The van der Waals surface area contributed by atoms with E-state index in [0.717, 1.165) is 49.2 Å². The van der Waals surface area contributed by atoms with E-state index in [1.165, 1.54) is 36.4 Å². The van der Waals surface area contributed by atoms with Gasteiger partial charge in [-0.05, 0) is 91.6 Å². The van der Waals surface area contributed by atoms with E-state index in [4.69, 9.17) is 0 Å². The molecule has 3 aromatic rings. The van der Waals surface area contributed by atoms with Gasteiger partial charge in [0.2, 0.25) is 0 Å². The van der Waals surface area contributed by atoms with Crippen molar-refractivity contribution in [2.75, 3.05) is 23.3 Å². The van der Waals surface area contributed by atoms with E-state index in [1.54, 1.807) is 0 Å². The molecule has 1 atom stereocenters. The van der Waals surface area contributed by atoms with Gasteiger partial charge in [0.15, 0.2) is 0 Å². The molecule has 3 N–H and O–H groups in total. The number of hydrogen-bond acceptors (Lipinski definition) is 3. The van der Waals surface area contributed by atoms with Crippen LogP contribution in [0.1, 0.15) is 37.3 Å². The summed E-state index contributed by atoms with van der Waals surface area (Å²) in [6, 6.07) is 17.6. The summed E-state index contributed by atoms with van der Waals surface area (Å²) in [5.74, 6) is 0.219. The van der Waals surface area contributed by atoms with Gasteiger partial charge in [-0.25, -0.2) is 13.6 Å². The molecule has 1 aliphatic heterocycles. The van der Waals surface area contributed by atoms with Crippen LogP contribution in [0.15, 0.2) is 66.7 Å². The van der Waals surface area contributed by atoms with Gasteiger partial charge in [-0.15, -0.1) is 0 Å². The largest absolute Gasteiger partial charge is 0.505 e. The lowest BCUT2D eigenvalue weighted by Gasteiger charge is -2.34. The molecule has 0 unspecified atom stereocenters. The highest BCUT2D eigenvalue weighted by Crippen LogP contribution is 2.35. The number of rotatable bonds is 8. The second kappa shape index (κ2) is 11.9. The minimum atomic E-state index is -0.368. The van der Waals surface area contributed by atoms with Crippen molar-refractivity contribution >= 4 is 17.4 Å². The lowest BCUT2D eigenvalue weighted by atomic mass is 9.89. The summed E-state index contributed by atoms with van der Waals surface area (Å²) in [7, 11) is 0. The van der Waals surface area contributed by atoms with Crippen LogP contribution in [0.3, 0.4) is 0 Å². The van der Waals surface area contributed by atoms with Crippen LogP contribution in [0.2, 0.25) is 0 Å². The first kappa shape index (κ1) is 25.5. The van der Waals surface area contributed by atoms with Crippen LogP contribution in [-0.2, 0) is 12.8 Å². The molecule has 190 valence electrons. The maximum Gasteiger partial charge on any atom is 0.319 e. The number of nitrogens with one attached hydrogen (secondary N) is 2. The first-order valence-electron chi connectivity index (χ1n) is 12.5. The van der Waals surface area contributed by atoms with Gasteiger partial charge in [0.05, 0.1) is 5.69 Å². The summed E-state index contributed by atoms with van der Waals surface area (Å²) in [5.41, 5.74) is 3.27. The zero-order chi connectivity index (χ0) is 25.5. The molecule has 0 bridgehead atoms. The number of aromatic hydroxyl groups is 1. The van der Waals surface area contributed by atoms with Crippen LogP contribution in [-0.4, -0.2) is 30.3 Å². The third-order valence-corrected chi connectivity index (χ3v) is 6.89. The van der Waals surface area contributed by atoms with Crippen LogP contribution in [0.5, 0.6) is 5.75 Å². The van der Waals surface area contributed by atoms with E-state index < -0.39 is 0 Å². The Hall–Kier alpha value is -3.61. The summed E-state index contributed by atoms with van der Waals surface area (Å²) in [4.78, 5) is 14.6. The van der Waals surface area contributed by atoms with Gasteiger partial charge in [-0.2, -0.15) is 0 Å². The predicted octanol–water partition coefficient (Wildman–Crippen LogP) is 6.27. The van der Waals surface area contributed by atoms with Crippen molar-refractivity contribution in [3.05, 3.63) is 89.5 Å². The minimum absolute atomic E-state index is 0.173. The number of amides is 2. The van der Waals surface area contributed by atoms with Gasteiger partial charge in [0.1, 0.15) is 17.4 Å². The molecule has 36 heavy (non-hydrogen) atoms. The van der Waals surface area contributed by atoms with Crippen LogP contribution in [0, 0.1) is 17.6 Å². The van der Waals surface area contributed by atoms with Crippen LogP contribution >= 0.6 is 0 Å². The minimum Gasteiger partial charge on any atom is -0.505 e. The monoisotopic (exact) mass is 493 g/mol. The van der Waals surface area contributed by atoms with Crippen LogP contribution in [0.4, 0.5) is 25.0 Å². The lowest BCUT2D eigenvalue weighted by Crippen LogP contribution is -2.39. The van der Waals surface area contributed by atoms with Crippen LogP contribution < -0.4 is 15.5 Å². The number of carbonyl (C=O) groups is 1. The lowest BCUT2D eigenvalue weighted by molar-refractivity contribution is 0.248. The number of urea groups is 1. The number of anilines is 2. The van der Waals surface area contributed by atoms with E-state index >= 15 is 0 Å². The van der Waals surface area contributed by atoms with Gasteiger partial charge in [0.25, 0.3) is 0 Å². The number of nitrogens with zero attached hydrogens (tertiary/aromatic N) is 1. The average Bonchev–Trinajstić information content (AvgIpc) is 2.88. The summed E-state index contributed by atoms with van der Waals surface area (Å²) in [6.45, 7) is 3.67. The Morgan fingerprint density at radius 2 is 1.64 bits per heavy atom. The first-order chi connectivity index (χ1) is 17.4. The molecule has 2 amide bonds. The van der Waals surface area contributed by atoms with Crippen molar-refractivity contribution in [2.45, 2.75) is 45.1 Å². The van der Waals surface area contributed by atoms with Gasteiger partial charge in [-0.1, -0.05) is 31.2 Å². The molecule has 0 aliphatic carbocycles. The van der Waals surface area contributed by atoms with E-state index in [0.29, 0.717) is 24.4 Å². The average molecular weight is 494 g/mol. The van der Waals surface area contributed by atoms with Crippen molar-refractivity contribution in [2.24, 2.45) is 5.92 Å². The molecule has 1 fully saturated rings. The van der Waals surface area contributed by atoms with Gasteiger partial charge < -0.3 is 20.6 Å². The summed E-state index contributed by atoms with van der Waals surface area (Å²) in [5, 5.41) is 16.7. The molecule has 1 saturated heterocycles. The molecule has 1 heterocycles. The number of hydrogen-bond donors (Lipinski definition) is 3. The molecule has 1 aliphatic rings. The van der Waals surface area contributed by atoms with Gasteiger partial charge >= 0.3 is 6.03 Å². The normalized spacial score (nSPS) is 14.9. The maximum atomic E-state index is 13.2. The SMILES string of the molecule is CC[C@H](Cc1cccc(N2CCC(Cc3ccc(F)cc3)CC2)c1O)NC(=O)Nc1ccc(F)cc1. The summed E-state index contributed by atoms with van der Waals surface area (Å²) < 4.78 is 26.3. The fourth-order valence-electron chi connectivity index (χ4n) is 4.78. The fraction of sp³-hybridized carbons (Fsp3) is 0.345. The third-order valence-electron chi connectivity index (χ3n) is 6.89. The molecular weight excluding hydrogens is 460 g/mol. The Morgan fingerprint density at radius 1 is 1.00 bits per heavy atom. The van der Waals surface area contributed by atoms with Crippen molar-refractivity contribution in [3.63, 3.8) is 0 Å². The number of phenols is 1. The highest BCUT2D eigenvalue weighted by atomic mass is 19.1. The first-order valence-corrected chi connectivity index (χ1v) is 12.5. The second-order valence-corrected chi connectivity index (χ2v) is 9.46. The van der Waals surface area contributed by atoms with Crippen molar-refractivity contribution in [1.29, 1.82) is 0 Å². The Balaban J connectivity index is 1.33.